The van der Waals surface area contributed by atoms with E-state index in [1.54, 1.807) is 0 Å². The average Bonchev–Trinajstić information content (AvgIpc) is 2.27. The predicted molar refractivity (Wildman–Crippen MR) is 70.6 cm³/mol. The van der Waals surface area contributed by atoms with E-state index in [0.29, 0.717) is 6.04 Å². The number of benzene rings is 1. The van der Waals surface area contributed by atoms with Gasteiger partial charge in [0.15, 0.2) is 0 Å². The molecule has 1 unspecified atom stereocenters. The van der Waals surface area contributed by atoms with Crippen molar-refractivity contribution in [1.82, 2.24) is 4.90 Å². The lowest BCUT2D eigenvalue weighted by Crippen LogP contribution is -2.35. The Hall–Kier alpha value is -0.340. The summed E-state index contributed by atoms with van der Waals surface area (Å²) in [5.74, 6) is 0. The molecule has 0 aliphatic rings. The summed E-state index contributed by atoms with van der Waals surface area (Å²) in [6, 6.07) is 11.3. The normalized spacial score (nSPS) is 13.1. The molecular formula is C13H20BrN. The number of nitrogens with zero attached hydrogens (tertiary/aromatic N) is 1. The van der Waals surface area contributed by atoms with E-state index in [1.807, 2.05) is 0 Å². The van der Waals surface area contributed by atoms with Gasteiger partial charge in [-0.1, -0.05) is 53.2 Å². The van der Waals surface area contributed by atoms with Crippen molar-refractivity contribution in [2.24, 2.45) is 0 Å². The molecule has 0 saturated carbocycles. The van der Waals surface area contributed by atoms with Gasteiger partial charge in [0.1, 0.15) is 0 Å². The quantitative estimate of drug-likeness (QED) is 0.717. The van der Waals surface area contributed by atoms with Gasteiger partial charge in [0.25, 0.3) is 0 Å². The third-order valence-electron chi connectivity index (χ3n) is 2.78. The van der Waals surface area contributed by atoms with Crippen molar-refractivity contribution in [2.45, 2.75) is 26.3 Å². The van der Waals surface area contributed by atoms with E-state index in [2.05, 4.69) is 65.0 Å². The maximum atomic E-state index is 3.50. The van der Waals surface area contributed by atoms with Crippen LogP contribution in [0.1, 0.15) is 19.4 Å². The van der Waals surface area contributed by atoms with Crippen LogP contribution in [0.15, 0.2) is 30.3 Å². The Balaban J connectivity index is 2.50. The van der Waals surface area contributed by atoms with E-state index >= 15 is 0 Å². The number of halogens is 1. The number of hydrogen-bond donors (Lipinski definition) is 0. The zero-order chi connectivity index (χ0) is 11.1. The summed E-state index contributed by atoms with van der Waals surface area (Å²) < 4.78 is 0. The Morgan fingerprint density at radius 2 is 1.93 bits per heavy atom. The molecule has 0 amide bonds. The Morgan fingerprint density at radius 1 is 1.27 bits per heavy atom. The first-order chi connectivity index (χ1) is 7.27. The zero-order valence-corrected chi connectivity index (χ0v) is 11.2. The topological polar surface area (TPSA) is 3.24 Å². The molecule has 1 aromatic rings. The van der Waals surface area contributed by atoms with Crippen LogP contribution in [-0.2, 0) is 6.42 Å². The Bertz CT molecular complexity index is 260. The largest absolute Gasteiger partial charge is 0.300 e. The predicted octanol–water partition coefficient (Wildman–Crippen LogP) is 3.33. The molecule has 0 fully saturated rings. The molecule has 84 valence electrons. The van der Waals surface area contributed by atoms with E-state index in [9.17, 15) is 0 Å². The van der Waals surface area contributed by atoms with Gasteiger partial charge in [0.2, 0.25) is 0 Å². The second-order valence-electron chi connectivity index (χ2n) is 3.86. The molecule has 0 radical (unpaired) electrons. The minimum atomic E-state index is 0.620. The molecule has 0 aliphatic carbocycles. The lowest BCUT2D eigenvalue weighted by molar-refractivity contribution is 0.233. The minimum absolute atomic E-state index is 0.620. The van der Waals surface area contributed by atoms with E-state index in [0.717, 1.165) is 24.8 Å². The molecule has 1 nitrogen and oxygen atoms in total. The van der Waals surface area contributed by atoms with Gasteiger partial charge in [0, 0.05) is 17.9 Å². The van der Waals surface area contributed by atoms with Crippen molar-refractivity contribution < 1.29 is 0 Å². The molecule has 1 atom stereocenters. The van der Waals surface area contributed by atoms with Crippen LogP contribution in [0.3, 0.4) is 0 Å². The first-order valence-corrected chi connectivity index (χ1v) is 6.74. The van der Waals surface area contributed by atoms with Gasteiger partial charge in [-0.3, -0.25) is 4.90 Å². The van der Waals surface area contributed by atoms with Crippen LogP contribution in [0, 0.1) is 0 Å². The minimum Gasteiger partial charge on any atom is -0.300 e. The number of likely N-dealkylation sites (N-methyl/N-ethyl adjacent to an activating group) is 1. The summed E-state index contributed by atoms with van der Waals surface area (Å²) in [4.78, 5) is 2.50. The van der Waals surface area contributed by atoms with E-state index in [1.165, 1.54) is 5.56 Å². The molecule has 0 bridgehead atoms. The second kappa shape index (κ2) is 7.02. The highest BCUT2D eigenvalue weighted by atomic mass is 79.9. The van der Waals surface area contributed by atoms with Crippen LogP contribution in [0.2, 0.25) is 0 Å². The molecule has 0 aliphatic heterocycles. The van der Waals surface area contributed by atoms with Crippen LogP contribution in [0.4, 0.5) is 0 Å². The molecule has 0 spiro atoms. The summed E-state index contributed by atoms with van der Waals surface area (Å²) >= 11 is 3.50. The molecular weight excluding hydrogens is 250 g/mol. The second-order valence-corrected chi connectivity index (χ2v) is 4.65. The lowest BCUT2D eigenvalue weighted by Gasteiger charge is -2.27. The maximum absolute atomic E-state index is 3.50. The van der Waals surface area contributed by atoms with E-state index in [-0.39, 0.29) is 0 Å². The Kier molecular flexibility index (Phi) is 5.96. The molecule has 1 rings (SSSR count). The monoisotopic (exact) mass is 269 g/mol. The Labute approximate surface area is 102 Å². The highest BCUT2D eigenvalue weighted by Gasteiger charge is 2.11. The van der Waals surface area contributed by atoms with Gasteiger partial charge in [-0.15, -0.1) is 0 Å². The highest BCUT2D eigenvalue weighted by molar-refractivity contribution is 9.09. The number of hydrogen-bond acceptors (Lipinski definition) is 1. The van der Waals surface area contributed by atoms with Crippen LogP contribution in [-0.4, -0.2) is 29.4 Å². The van der Waals surface area contributed by atoms with Crippen LogP contribution >= 0.6 is 15.9 Å². The Morgan fingerprint density at radius 3 is 2.47 bits per heavy atom. The van der Waals surface area contributed by atoms with Gasteiger partial charge in [-0.05, 0) is 25.5 Å². The van der Waals surface area contributed by atoms with Crippen LogP contribution < -0.4 is 0 Å². The number of alkyl halides is 1. The SMILES string of the molecule is CCN(CCBr)C(C)Cc1ccccc1. The van der Waals surface area contributed by atoms with Crippen molar-refractivity contribution in [3.63, 3.8) is 0 Å². The van der Waals surface area contributed by atoms with Crippen molar-refractivity contribution in [3.05, 3.63) is 35.9 Å². The molecule has 0 N–H and O–H groups in total. The maximum Gasteiger partial charge on any atom is 0.0159 e. The molecule has 15 heavy (non-hydrogen) atoms. The van der Waals surface area contributed by atoms with Gasteiger partial charge >= 0.3 is 0 Å². The first-order valence-electron chi connectivity index (χ1n) is 5.61. The van der Waals surface area contributed by atoms with Gasteiger partial charge in [0.05, 0.1) is 0 Å². The number of rotatable bonds is 6. The van der Waals surface area contributed by atoms with Gasteiger partial charge in [-0.25, -0.2) is 0 Å². The van der Waals surface area contributed by atoms with Gasteiger partial charge in [-0.2, -0.15) is 0 Å². The van der Waals surface area contributed by atoms with Crippen LogP contribution in [0.25, 0.3) is 0 Å². The lowest BCUT2D eigenvalue weighted by atomic mass is 10.1. The first kappa shape index (κ1) is 12.7. The zero-order valence-electron chi connectivity index (χ0n) is 9.62. The molecule has 1 aromatic carbocycles. The van der Waals surface area contributed by atoms with Crippen LogP contribution in [0.5, 0.6) is 0 Å². The molecule has 0 aromatic heterocycles. The fraction of sp³-hybridized carbons (Fsp3) is 0.538. The summed E-state index contributed by atoms with van der Waals surface area (Å²) in [6.45, 7) is 6.79. The van der Waals surface area contributed by atoms with Crippen molar-refractivity contribution in [1.29, 1.82) is 0 Å². The van der Waals surface area contributed by atoms with Crippen molar-refractivity contribution in [2.75, 3.05) is 18.4 Å². The average molecular weight is 270 g/mol. The summed E-state index contributed by atoms with van der Waals surface area (Å²) in [6.07, 6.45) is 1.14. The fourth-order valence-electron chi connectivity index (χ4n) is 1.88. The van der Waals surface area contributed by atoms with Crippen molar-refractivity contribution >= 4 is 15.9 Å². The third-order valence-corrected chi connectivity index (χ3v) is 3.13. The third kappa shape index (κ3) is 4.35. The molecule has 2 heteroatoms. The molecule has 0 heterocycles. The van der Waals surface area contributed by atoms with E-state index < -0.39 is 0 Å². The standard InChI is InChI=1S/C13H20BrN/c1-3-15(10-9-14)12(2)11-13-7-5-4-6-8-13/h4-8,12H,3,9-11H2,1-2H3. The van der Waals surface area contributed by atoms with Crippen molar-refractivity contribution in [3.8, 4) is 0 Å². The summed E-state index contributed by atoms with van der Waals surface area (Å²) in [5, 5.41) is 1.06. The summed E-state index contributed by atoms with van der Waals surface area (Å²) in [5.41, 5.74) is 1.43. The summed E-state index contributed by atoms with van der Waals surface area (Å²) in [7, 11) is 0. The van der Waals surface area contributed by atoms with Gasteiger partial charge < -0.3 is 0 Å². The highest BCUT2D eigenvalue weighted by Crippen LogP contribution is 2.08. The smallest absolute Gasteiger partial charge is 0.0159 e. The molecule has 0 saturated heterocycles. The fourth-order valence-corrected chi connectivity index (χ4v) is 2.34. The van der Waals surface area contributed by atoms with E-state index in [4.69, 9.17) is 0 Å².